The highest BCUT2D eigenvalue weighted by Crippen LogP contribution is 2.30. The first-order valence-corrected chi connectivity index (χ1v) is 14.8. The van der Waals surface area contributed by atoms with Crippen LogP contribution in [-0.2, 0) is 23.0 Å². The van der Waals surface area contributed by atoms with Gasteiger partial charge in [-0.15, -0.1) is 11.8 Å². The quantitative estimate of drug-likeness (QED) is 0.280. The smallest absolute Gasteiger partial charge is 0.355 e. The number of nitrogens with one attached hydrogen (secondary N) is 2. The van der Waals surface area contributed by atoms with Crippen molar-refractivity contribution in [2.24, 2.45) is 0 Å². The van der Waals surface area contributed by atoms with Crippen LogP contribution in [0.4, 0.5) is 4.79 Å². The van der Waals surface area contributed by atoms with Gasteiger partial charge >= 0.3 is 12.0 Å². The molecule has 0 fully saturated rings. The van der Waals surface area contributed by atoms with Gasteiger partial charge in [-0.05, 0) is 36.3 Å². The summed E-state index contributed by atoms with van der Waals surface area (Å²) < 4.78 is 30.4. The van der Waals surface area contributed by atoms with E-state index < -0.39 is 22.0 Å². The fourth-order valence-corrected chi connectivity index (χ4v) is 5.69. The molecule has 2 amide bonds. The molecule has 37 heavy (non-hydrogen) atoms. The third-order valence-corrected chi connectivity index (χ3v) is 7.73. The summed E-state index contributed by atoms with van der Waals surface area (Å²) in [5, 5.41) is 12.9. The Labute approximate surface area is 221 Å². The van der Waals surface area contributed by atoms with E-state index in [1.165, 1.54) is 17.8 Å². The van der Waals surface area contributed by atoms with Crippen molar-refractivity contribution in [2.45, 2.75) is 56.0 Å². The number of urea groups is 1. The molecule has 3 aromatic rings. The molecule has 198 valence electrons. The number of rotatable bonds is 12. The Bertz CT molecular complexity index is 1350. The van der Waals surface area contributed by atoms with Crippen molar-refractivity contribution in [1.29, 1.82) is 0 Å². The number of aryl methyl sites for hydroxylation is 1. The molecule has 0 unspecified atom stereocenters. The number of aromatic carboxylic acids is 1. The van der Waals surface area contributed by atoms with Crippen LogP contribution in [-0.4, -0.2) is 47.9 Å². The van der Waals surface area contributed by atoms with E-state index in [1.54, 1.807) is 47.2 Å². The van der Waals surface area contributed by atoms with Gasteiger partial charge in [0.25, 0.3) is 10.0 Å². The Morgan fingerprint density at radius 2 is 1.81 bits per heavy atom. The van der Waals surface area contributed by atoms with Gasteiger partial charge in [0.05, 0.1) is 4.90 Å². The lowest BCUT2D eigenvalue weighted by atomic mass is 10.0. The minimum Gasteiger partial charge on any atom is -0.476 e. The molecule has 1 heterocycles. The van der Waals surface area contributed by atoms with Gasteiger partial charge in [0.15, 0.2) is 5.69 Å². The largest absolute Gasteiger partial charge is 0.476 e. The van der Waals surface area contributed by atoms with Crippen LogP contribution < -0.4 is 10.0 Å². The molecule has 0 radical (unpaired) electrons. The summed E-state index contributed by atoms with van der Waals surface area (Å²) >= 11 is 1.26. The molecule has 1 aromatic heterocycles. The summed E-state index contributed by atoms with van der Waals surface area (Å²) in [6.07, 6.45) is 4.80. The normalized spacial score (nSPS) is 11.3. The molecule has 3 N–H and O–H groups in total. The summed E-state index contributed by atoms with van der Waals surface area (Å²) in [6.45, 7) is 4.37. The summed E-state index contributed by atoms with van der Waals surface area (Å²) in [5.74, 6) is -0.458. The van der Waals surface area contributed by atoms with E-state index in [9.17, 15) is 23.1 Å². The Morgan fingerprint density at radius 1 is 1.08 bits per heavy atom. The van der Waals surface area contributed by atoms with Crippen molar-refractivity contribution in [2.75, 3.05) is 12.8 Å². The molecule has 0 bridgehead atoms. The van der Waals surface area contributed by atoms with E-state index in [4.69, 9.17) is 0 Å². The lowest BCUT2D eigenvalue weighted by molar-refractivity contribution is 0.0681. The number of sulfonamides is 1. The van der Waals surface area contributed by atoms with Gasteiger partial charge in [0.1, 0.15) is 10.9 Å². The Balaban J connectivity index is 2.11. The van der Waals surface area contributed by atoms with E-state index >= 15 is 0 Å². The number of hydrogen-bond donors (Lipinski definition) is 3. The van der Waals surface area contributed by atoms with Crippen molar-refractivity contribution >= 4 is 33.8 Å². The monoisotopic (exact) mass is 544 g/mol. The Morgan fingerprint density at radius 3 is 2.43 bits per heavy atom. The number of hydrogen-bond acceptors (Lipinski definition) is 6. The summed E-state index contributed by atoms with van der Waals surface area (Å²) in [7, 11) is -4.24. The second-order valence-corrected chi connectivity index (χ2v) is 10.9. The zero-order valence-electron chi connectivity index (χ0n) is 21.2. The van der Waals surface area contributed by atoms with E-state index in [0.717, 1.165) is 12.8 Å². The summed E-state index contributed by atoms with van der Waals surface area (Å²) in [5.41, 5.74) is 1.75. The number of carboxylic acids is 1. The van der Waals surface area contributed by atoms with Crippen molar-refractivity contribution < 1.29 is 23.1 Å². The van der Waals surface area contributed by atoms with Crippen molar-refractivity contribution in [1.82, 2.24) is 19.6 Å². The van der Waals surface area contributed by atoms with Crippen LogP contribution in [0.5, 0.6) is 0 Å². The minimum absolute atomic E-state index is 0.0694. The third-order valence-electron chi connectivity index (χ3n) is 5.69. The fraction of sp³-hybridized carbons (Fsp3) is 0.346. The number of unbranched alkanes of at least 4 members (excludes halogenated alkanes) is 1. The molecule has 3 rings (SSSR count). The lowest BCUT2D eigenvalue weighted by Crippen LogP contribution is -2.39. The highest BCUT2D eigenvalue weighted by Gasteiger charge is 2.25. The molecular weight excluding hydrogens is 512 g/mol. The fourth-order valence-electron chi connectivity index (χ4n) is 3.90. The maximum absolute atomic E-state index is 13.3. The molecule has 9 nitrogen and oxygen atoms in total. The summed E-state index contributed by atoms with van der Waals surface area (Å²) in [6, 6.07) is 13.1. The lowest BCUT2D eigenvalue weighted by Gasteiger charge is -2.16. The minimum atomic E-state index is -4.24. The van der Waals surface area contributed by atoms with Crippen molar-refractivity contribution in [3.05, 3.63) is 65.6 Å². The maximum Gasteiger partial charge on any atom is 0.355 e. The average Bonchev–Trinajstić information content (AvgIpc) is 3.23. The first-order valence-electron chi connectivity index (χ1n) is 12.1. The van der Waals surface area contributed by atoms with Gasteiger partial charge in [-0.3, -0.25) is 0 Å². The van der Waals surface area contributed by atoms with Gasteiger partial charge in [-0.25, -0.2) is 27.7 Å². The average molecular weight is 545 g/mol. The molecule has 0 saturated carbocycles. The molecule has 0 spiro atoms. The standard InChI is InChI=1S/C26H32N4O5S2/c1-4-6-12-22-28-24(36-3)23(25(31)32)30(22)17-18-13-14-20(19-10-8-7-9-11-19)21(16-18)37(34,35)29-26(33)27-15-5-2/h7-11,13-14,16H,4-6,12,15,17H2,1-3H3,(H,31,32)(H2,27,29,33). The predicted molar refractivity (Wildman–Crippen MR) is 145 cm³/mol. The van der Waals surface area contributed by atoms with Gasteiger partial charge < -0.3 is 15.0 Å². The third kappa shape index (κ3) is 6.92. The maximum atomic E-state index is 13.3. The zero-order chi connectivity index (χ0) is 27.0. The number of benzene rings is 2. The number of carbonyl (C=O) groups is 2. The SMILES string of the molecule is CCCCc1nc(SC)c(C(=O)O)n1Cc1ccc(-c2ccccc2)c(S(=O)(=O)NC(=O)NCCC)c1. The van der Waals surface area contributed by atoms with Crippen LogP contribution in [0, 0.1) is 0 Å². The number of imidazole rings is 1. The molecule has 11 heteroatoms. The van der Waals surface area contributed by atoms with Gasteiger partial charge in [-0.1, -0.05) is 62.7 Å². The van der Waals surface area contributed by atoms with E-state index in [1.807, 2.05) is 19.9 Å². The number of carboxylic acid groups (broad SMARTS) is 1. The van der Waals surface area contributed by atoms with Gasteiger partial charge in [-0.2, -0.15) is 0 Å². The van der Waals surface area contributed by atoms with Gasteiger partial charge in [0.2, 0.25) is 0 Å². The topological polar surface area (TPSA) is 130 Å². The molecule has 0 aliphatic heterocycles. The Kier molecular flexibility index (Phi) is 9.76. The predicted octanol–water partition coefficient (Wildman–Crippen LogP) is 4.76. The second-order valence-electron chi connectivity index (χ2n) is 8.44. The van der Waals surface area contributed by atoms with E-state index in [2.05, 4.69) is 15.0 Å². The number of aromatic nitrogens is 2. The Hall–Kier alpha value is -3.31. The molecule has 0 saturated heterocycles. The summed E-state index contributed by atoms with van der Waals surface area (Å²) in [4.78, 5) is 28.8. The molecular formula is C26H32N4O5S2. The van der Waals surface area contributed by atoms with Crippen LogP contribution in [0.1, 0.15) is 55.0 Å². The van der Waals surface area contributed by atoms with Crippen LogP contribution in [0.3, 0.4) is 0 Å². The number of nitrogens with zero attached hydrogens (tertiary/aromatic N) is 2. The van der Waals surface area contributed by atoms with Crippen LogP contribution >= 0.6 is 11.8 Å². The number of amides is 2. The van der Waals surface area contributed by atoms with Gasteiger partial charge in [0, 0.05) is 25.1 Å². The highest BCUT2D eigenvalue weighted by molar-refractivity contribution is 7.98. The zero-order valence-corrected chi connectivity index (χ0v) is 22.8. The first-order chi connectivity index (χ1) is 17.7. The number of carbonyl (C=O) groups excluding carboxylic acids is 1. The van der Waals surface area contributed by atoms with Crippen molar-refractivity contribution in [3.8, 4) is 11.1 Å². The molecule has 0 aliphatic carbocycles. The van der Waals surface area contributed by atoms with Crippen molar-refractivity contribution in [3.63, 3.8) is 0 Å². The van der Waals surface area contributed by atoms with Crippen LogP contribution in [0.2, 0.25) is 0 Å². The van der Waals surface area contributed by atoms with Crippen LogP contribution in [0.25, 0.3) is 11.1 Å². The molecule has 2 aromatic carbocycles. The second kappa shape index (κ2) is 12.8. The highest BCUT2D eigenvalue weighted by atomic mass is 32.2. The van der Waals surface area contributed by atoms with Crippen LogP contribution in [0.15, 0.2) is 58.5 Å². The van der Waals surface area contributed by atoms with E-state index in [0.29, 0.717) is 46.9 Å². The molecule has 0 atom stereocenters. The van der Waals surface area contributed by atoms with E-state index in [-0.39, 0.29) is 17.1 Å². The molecule has 0 aliphatic rings. The number of thioether (sulfide) groups is 1. The first kappa shape index (κ1) is 28.3.